The summed E-state index contributed by atoms with van der Waals surface area (Å²) in [6.07, 6.45) is 0. The van der Waals surface area contributed by atoms with Gasteiger partial charge < -0.3 is 5.32 Å². The van der Waals surface area contributed by atoms with Crippen molar-refractivity contribution in [1.29, 1.82) is 0 Å². The highest BCUT2D eigenvalue weighted by Gasteiger charge is 2.14. The number of carbonyl (C=O) groups is 1. The molecule has 1 heterocycles. The summed E-state index contributed by atoms with van der Waals surface area (Å²) in [5.74, 6) is 0.0485. The van der Waals surface area contributed by atoms with E-state index in [1.165, 1.54) is 11.8 Å². The molecule has 0 unspecified atom stereocenters. The average Bonchev–Trinajstić information content (AvgIpc) is 2.80. The molecule has 0 spiro atoms. The van der Waals surface area contributed by atoms with Gasteiger partial charge in [0, 0.05) is 11.6 Å². The van der Waals surface area contributed by atoms with Crippen LogP contribution >= 0.6 is 23.4 Å². The molecule has 0 saturated heterocycles. The first-order valence-electron chi connectivity index (χ1n) is 9.77. The van der Waals surface area contributed by atoms with Crippen molar-refractivity contribution in [3.05, 3.63) is 105 Å². The minimum atomic E-state index is -0.132. The van der Waals surface area contributed by atoms with Crippen molar-refractivity contribution in [3.8, 4) is 0 Å². The molecule has 0 aliphatic heterocycles. The number of carbonyl (C=O) groups excluding carboxylic acids is 1. The monoisotopic (exact) mass is 449 g/mol. The molecule has 0 fully saturated rings. The van der Waals surface area contributed by atoms with Crippen LogP contribution in [0.5, 0.6) is 0 Å². The minimum Gasteiger partial charge on any atom is -0.351 e. The normalized spacial score (nSPS) is 10.9. The van der Waals surface area contributed by atoms with Crippen LogP contribution in [0.1, 0.15) is 11.1 Å². The third kappa shape index (κ3) is 5.34. The summed E-state index contributed by atoms with van der Waals surface area (Å²) in [5, 5.41) is 4.60. The predicted molar refractivity (Wildman–Crippen MR) is 126 cm³/mol. The predicted octanol–water partition coefficient (Wildman–Crippen LogP) is 4.51. The van der Waals surface area contributed by atoms with Crippen molar-refractivity contribution in [2.75, 3.05) is 5.75 Å². The number of benzene rings is 3. The number of rotatable bonds is 7. The van der Waals surface area contributed by atoms with Gasteiger partial charge in [0.25, 0.3) is 5.56 Å². The number of halogens is 1. The van der Waals surface area contributed by atoms with Crippen LogP contribution in [-0.2, 0) is 17.9 Å². The van der Waals surface area contributed by atoms with Crippen molar-refractivity contribution in [1.82, 2.24) is 14.9 Å². The van der Waals surface area contributed by atoms with Crippen LogP contribution in [0.2, 0.25) is 5.02 Å². The Morgan fingerprint density at radius 2 is 1.65 bits per heavy atom. The van der Waals surface area contributed by atoms with Gasteiger partial charge in [0.05, 0.1) is 23.2 Å². The average molecular weight is 450 g/mol. The number of thioether (sulfide) groups is 1. The first-order chi connectivity index (χ1) is 15.1. The number of hydrogen-bond donors (Lipinski definition) is 1. The van der Waals surface area contributed by atoms with E-state index in [1.54, 1.807) is 22.8 Å². The molecule has 7 heteroatoms. The molecule has 0 saturated carbocycles. The van der Waals surface area contributed by atoms with Crippen molar-refractivity contribution < 1.29 is 4.79 Å². The molecule has 31 heavy (non-hydrogen) atoms. The minimum absolute atomic E-state index is 0.116. The molecule has 4 rings (SSSR count). The van der Waals surface area contributed by atoms with E-state index >= 15 is 0 Å². The molecule has 0 radical (unpaired) electrons. The summed E-state index contributed by atoms with van der Waals surface area (Å²) >= 11 is 7.24. The molecular weight excluding hydrogens is 430 g/mol. The van der Waals surface area contributed by atoms with E-state index in [0.717, 1.165) is 11.1 Å². The smallest absolute Gasteiger partial charge is 0.262 e. The lowest BCUT2D eigenvalue weighted by molar-refractivity contribution is -0.118. The maximum absolute atomic E-state index is 13.2. The third-order valence-electron chi connectivity index (χ3n) is 4.75. The van der Waals surface area contributed by atoms with E-state index in [2.05, 4.69) is 10.3 Å². The Morgan fingerprint density at radius 1 is 0.935 bits per heavy atom. The zero-order valence-electron chi connectivity index (χ0n) is 16.6. The summed E-state index contributed by atoms with van der Waals surface area (Å²) in [5.41, 5.74) is 2.45. The number of amides is 1. The molecule has 0 aliphatic rings. The standard InChI is InChI=1S/C24H20ClN3O2S/c25-19-12-10-18(11-13-19)15-28-23(30)20-8-4-5-9-21(20)27-24(28)31-16-22(29)26-14-17-6-2-1-3-7-17/h1-13H,14-16H2,(H,26,29). The summed E-state index contributed by atoms with van der Waals surface area (Å²) in [6, 6.07) is 24.3. The van der Waals surface area contributed by atoms with Crippen molar-refractivity contribution in [3.63, 3.8) is 0 Å². The molecule has 156 valence electrons. The zero-order valence-corrected chi connectivity index (χ0v) is 18.2. The highest BCUT2D eigenvalue weighted by molar-refractivity contribution is 7.99. The van der Waals surface area contributed by atoms with Gasteiger partial charge in [0.15, 0.2) is 5.16 Å². The summed E-state index contributed by atoms with van der Waals surface area (Å²) in [4.78, 5) is 30.2. The van der Waals surface area contributed by atoms with Crippen LogP contribution in [0.4, 0.5) is 0 Å². The van der Waals surface area contributed by atoms with Gasteiger partial charge in [-0.1, -0.05) is 78.0 Å². The Bertz CT molecular complexity index is 1260. The lowest BCUT2D eigenvalue weighted by Gasteiger charge is -2.13. The highest BCUT2D eigenvalue weighted by atomic mass is 35.5. The fourth-order valence-corrected chi connectivity index (χ4v) is 4.10. The van der Waals surface area contributed by atoms with Crippen LogP contribution in [0.15, 0.2) is 88.8 Å². The summed E-state index contributed by atoms with van der Waals surface area (Å²) < 4.78 is 1.61. The lowest BCUT2D eigenvalue weighted by Crippen LogP contribution is -2.27. The Balaban J connectivity index is 1.55. The second-order valence-electron chi connectivity index (χ2n) is 6.98. The molecule has 4 aromatic rings. The summed E-state index contributed by atoms with van der Waals surface area (Å²) in [6.45, 7) is 0.810. The first-order valence-corrected chi connectivity index (χ1v) is 11.1. The van der Waals surface area contributed by atoms with Crippen LogP contribution < -0.4 is 10.9 Å². The van der Waals surface area contributed by atoms with Gasteiger partial charge >= 0.3 is 0 Å². The van der Waals surface area contributed by atoms with Gasteiger partial charge in [-0.25, -0.2) is 4.98 Å². The number of hydrogen-bond acceptors (Lipinski definition) is 4. The van der Waals surface area contributed by atoms with E-state index in [0.29, 0.717) is 34.2 Å². The molecule has 0 aliphatic carbocycles. The molecule has 1 aromatic heterocycles. The summed E-state index contributed by atoms with van der Waals surface area (Å²) in [7, 11) is 0. The fraction of sp³-hybridized carbons (Fsp3) is 0.125. The van der Waals surface area contributed by atoms with Gasteiger partial charge in [0.2, 0.25) is 5.91 Å². The van der Waals surface area contributed by atoms with E-state index in [9.17, 15) is 9.59 Å². The van der Waals surface area contributed by atoms with Crippen LogP contribution in [-0.4, -0.2) is 21.2 Å². The third-order valence-corrected chi connectivity index (χ3v) is 5.97. The molecule has 0 bridgehead atoms. The maximum atomic E-state index is 13.2. The van der Waals surface area contributed by atoms with Gasteiger partial charge in [0.1, 0.15) is 0 Å². The zero-order chi connectivity index (χ0) is 21.6. The number of para-hydroxylation sites is 1. The maximum Gasteiger partial charge on any atom is 0.262 e. The Kier molecular flexibility index (Phi) is 6.70. The first kappa shape index (κ1) is 21.2. The topological polar surface area (TPSA) is 64.0 Å². The Labute approximate surface area is 189 Å². The van der Waals surface area contributed by atoms with Gasteiger partial charge in [-0.3, -0.25) is 14.2 Å². The number of aromatic nitrogens is 2. The quantitative estimate of drug-likeness (QED) is 0.333. The Hall–Kier alpha value is -3.09. The van der Waals surface area contributed by atoms with E-state index < -0.39 is 0 Å². The van der Waals surface area contributed by atoms with E-state index in [4.69, 9.17) is 11.6 Å². The molecule has 5 nitrogen and oxygen atoms in total. The number of fused-ring (bicyclic) bond motifs is 1. The number of nitrogens with one attached hydrogen (secondary N) is 1. The second kappa shape index (κ2) is 9.81. The fourth-order valence-electron chi connectivity index (χ4n) is 3.15. The van der Waals surface area contributed by atoms with Crippen LogP contribution in [0.25, 0.3) is 10.9 Å². The molecule has 0 atom stereocenters. The molecule has 1 N–H and O–H groups in total. The largest absolute Gasteiger partial charge is 0.351 e. The van der Waals surface area contributed by atoms with E-state index in [-0.39, 0.29) is 17.2 Å². The molecule has 1 amide bonds. The van der Waals surface area contributed by atoms with Gasteiger partial charge in [-0.2, -0.15) is 0 Å². The Morgan fingerprint density at radius 3 is 2.42 bits per heavy atom. The van der Waals surface area contributed by atoms with Crippen molar-refractivity contribution >= 4 is 40.2 Å². The molecular formula is C24H20ClN3O2S. The number of nitrogens with zero attached hydrogens (tertiary/aromatic N) is 2. The highest BCUT2D eigenvalue weighted by Crippen LogP contribution is 2.19. The van der Waals surface area contributed by atoms with Crippen LogP contribution in [0, 0.1) is 0 Å². The molecule has 3 aromatic carbocycles. The SMILES string of the molecule is O=C(CSc1nc2ccccc2c(=O)n1Cc1ccc(Cl)cc1)NCc1ccccc1. The van der Waals surface area contributed by atoms with Crippen molar-refractivity contribution in [2.24, 2.45) is 0 Å². The van der Waals surface area contributed by atoms with E-state index in [1.807, 2.05) is 60.7 Å². The van der Waals surface area contributed by atoms with Gasteiger partial charge in [-0.15, -0.1) is 0 Å². The van der Waals surface area contributed by atoms with Gasteiger partial charge in [-0.05, 0) is 35.4 Å². The second-order valence-corrected chi connectivity index (χ2v) is 8.36. The van der Waals surface area contributed by atoms with Crippen molar-refractivity contribution in [2.45, 2.75) is 18.2 Å². The van der Waals surface area contributed by atoms with Crippen LogP contribution in [0.3, 0.4) is 0 Å². The lowest BCUT2D eigenvalue weighted by atomic mass is 10.2.